The lowest BCUT2D eigenvalue weighted by atomic mass is 10.1. The third-order valence-electron chi connectivity index (χ3n) is 4.21. The van der Waals surface area contributed by atoms with Gasteiger partial charge in [0.15, 0.2) is 0 Å². The Morgan fingerprint density at radius 2 is 2.24 bits per heavy atom. The number of hydrogen-bond acceptors (Lipinski definition) is 3. The molecule has 0 spiro atoms. The highest BCUT2D eigenvalue weighted by atomic mass is 16.3. The third kappa shape index (κ3) is 2.88. The smallest absolute Gasteiger partial charge is 0.236 e. The largest absolute Gasteiger partial charge is 0.467 e. The van der Waals surface area contributed by atoms with Gasteiger partial charge in [-0.3, -0.25) is 9.69 Å². The fraction of sp³-hybridized carbons (Fsp3) is 0.438. The van der Waals surface area contributed by atoms with Crippen molar-refractivity contribution >= 4 is 5.91 Å². The molecule has 1 atom stereocenters. The highest BCUT2D eigenvalue weighted by Crippen LogP contribution is 2.24. The number of furan rings is 1. The fourth-order valence-corrected chi connectivity index (χ4v) is 2.86. The molecular weight excluding hydrogens is 266 g/mol. The molecule has 2 aromatic rings. The van der Waals surface area contributed by atoms with Crippen molar-refractivity contribution in [1.29, 1.82) is 0 Å². The van der Waals surface area contributed by atoms with E-state index in [-0.39, 0.29) is 11.9 Å². The molecule has 3 heterocycles. The first-order chi connectivity index (χ1) is 10.1. The zero-order valence-corrected chi connectivity index (χ0v) is 12.5. The monoisotopic (exact) mass is 287 g/mol. The summed E-state index contributed by atoms with van der Waals surface area (Å²) in [5.41, 5.74) is 1.28. The van der Waals surface area contributed by atoms with Crippen molar-refractivity contribution in [3.05, 3.63) is 48.2 Å². The predicted molar refractivity (Wildman–Crippen MR) is 79.6 cm³/mol. The van der Waals surface area contributed by atoms with Gasteiger partial charge in [0.25, 0.3) is 0 Å². The average Bonchev–Trinajstić information content (AvgIpc) is 3.12. The molecule has 0 radical (unpaired) electrons. The Balaban J connectivity index is 1.60. The number of likely N-dealkylation sites (N-methyl/N-ethyl adjacent to an activating group) is 1. The van der Waals surface area contributed by atoms with Gasteiger partial charge in [-0.2, -0.15) is 0 Å². The number of fused-ring (bicyclic) bond motifs is 1. The zero-order valence-electron chi connectivity index (χ0n) is 12.5. The lowest BCUT2D eigenvalue weighted by Gasteiger charge is -2.35. The maximum absolute atomic E-state index is 12.4. The summed E-state index contributed by atoms with van der Waals surface area (Å²) in [6.07, 6.45) is 3.74. The molecule has 1 aliphatic rings. The number of amides is 1. The van der Waals surface area contributed by atoms with Crippen molar-refractivity contribution in [2.24, 2.45) is 0 Å². The fourth-order valence-electron chi connectivity index (χ4n) is 2.86. The van der Waals surface area contributed by atoms with Gasteiger partial charge in [-0.25, -0.2) is 0 Å². The summed E-state index contributed by atoms with van der Waals surface area (Å²) >= 11 is 0. The van der Waals surface area contributed by atoms with E-state index in [1.807, 2.05) is 19.2 Å². The summed E-state index contributed by atoms with van der Waals surface area (Å²) in [6, 6.07) is 8.21. The minimum atomic E-state index is 0.123. The first-order valence-corrected chi connectivity index (χ1v) is 7.30. The van der Waals surface area contributed by atoms with Crippen LogP contribution in [0, 0.1) is 0 Å². The van der Waals surface area contributed by atoms with Gasteiger partial charge in [0, 0.05) is 38.1 Å². The van der Waals surface area contributed by atoms with Crippen LogP contribution >= 0.6 is 0 Å². The van der Waals surface area contributed by atoms with Crippen LogP contribution in [0.2, 0.25) is 0 Å². The van der Waals surface area contributed by atoms with Crippen molar-refractivity contribution in [3.63, 3.8) is 0 Å². The van der Waals surface area contributed by atoms with Crippen LogP contribution in [0.3, 0.4) is 0 Å². The molecule has 0 saturated carbocycles. The van der Waals surface area contributed by atoms with Gasteiger partial charge in [-0.1, -0.05) is 0 Å². The van der Waals surface area contributed by atoms with Crippen molar-refractivity contribution in [3.8, 4) is 0 Å². The molecule has 0 N–H and O–H groups in total. The van der Waals surface area contributed by atoms with Gasteiger partial charge in [0.1, 0.15) is 5.76 Å². The number of carbonyl (C=O) groups is 1. The number of rotatable bonds is 4. The Bertz CT molecular complexity index is 603. The van der Waals surface area contributed by atoms with Crippen LogP contribution in [0.4, 0.5) is 0 Å². The highest BCUT2D eigenvalue weighted by molar-refractivity contribution is 5.78. The van der Waals surface area contributed by atoms with Gasteiger partial charge in [-0.15, -0.1) is 0 Å². The molecule has 5 nitrogen and oxygen atoms in total. The second-order valence-corrected chi connectivity index (χ2v) is 5.60. The maximum Gasteiger partial charge on any atom is 0.236 e. The molecule has 1 amide bonds. The Morgan fingerprint density at radius 1 is 1.38 bits per heavy atom. The van der Waals surface area contributed by atoms with Gasteiger partial charge in [-0.05, 0) is 31.2 Å². The van der Waals surface area contributed by atoms with Gasteiger partial charge in [0.05, 0.1) is 19.4 Å². The first-order valence-electron chi connectivity index (χ1n) is 7.30. The number of aromatic nitrogens is 1. The second-order valence-electron chi connectivity index (χ2n) is 5.60. The lowest BCUT2D eigenvalue weighted by Crippen LogP contribution is -2.43. The van der Waals surface area contributed by atoms with Crippen molar-refractivity contribution < 1.29 is 9.21 Å². The number of nitrogens with zero attached hydrogens (tertiary/aromatic N) is 3. The Labute approximate surface area is 124 Å². The van der Waals surface area contributed by atoms with Crippen LogP contribution in [-0.2, 0) is 17.9 Å². The standard InChI is InChI=1S/C16H21N3O2/c1-13-15-6-3-7-18(15)8-9-19(13)12-16(20)17(2)11-14-5-4-10-21-14/h3-7,10,13H,8-9,11-12H2,1-2H3/t13-/m1/s1. The second kappa shape index (κ2) is 5.77. The van der Waals surface area contributed by atoms with Crippen LogP contribution in [0.25, 0.3) is 0 Å². The number of carbonyl (C=O) groups excluding carboxylic acids is 1. The highest BCUT2D eigenvalue weighted by Gasteiger charge is 2.26. The lowest BCUT2D eigenvalue weighted by molar-refractivity contribution is -0.132. The molecule has 0 fully saturated rings. The van der Waals surface area contributed by atoms with Crippen LogP contribution in [0.1, 0.15) is 24.4 Å². The predicted octanol–water partition coefficient (Wildman–Crippen LogP) is 2.12. The molecule has 1 aliphatic heterocycles. The maximum atomic E-state index is 12.4. The molecule has 0 aromatic carbocycles. The van der Waals surface area contributed by atoms with E-state index < -0.39 is 0 Å². The third-order valence-corrected chi connectivity index (χ3v) is 4.21. The van der Waals surface area contributed by atoms with E-state index in [4.69, 9.17) is 4.42 Å². The molecule has 2 aromatic heterocycles. The molecule has 112 valence electrons. The summed E-state index contributed by atoms with van der Waals surface area (Å²) < 4.78 is 7.55. The summed E-state index contributed by atoms with van der Waals surface area (Å²) in [5, 5.41) is 0. The SMILES string of the molecule is C[C@@H]1c2cccn2CCN1CC(=O)N(C)Cc1ccco1. The van der Waals surface area contributed by atoms with E-state index in [0.29, 0.717) is 13.1 Å². The first kappa shape index (κ1) is 13.9. The van der Waals surface area contributed by atoms with Crippen LogP contribution in [0.15, 0.2) is 41.1 Å². The molecule has 5 heteroatoms. The van der Waals surface area contributed by atoms with E-state index in [2.05, 4.69) is 34.7 Å². The minimum Gasteiger partial charge on any atom is -0.467 e. The molecule has 21 heavy (non-hydrogen) atoms. The van der Waals surface area contributed by atoms with E-state index >= 15 is 0 Å². The van der Waals surface area contributed by atoms with Crippen molar-refractivity contribution in [2.45, 2.75) is 26.1 Å². The normalized spacial score (nSPS) is 18.5. The molecule has 0 bridgehead atoms. The Hall–Kier alpha value is -2.01. The topological polar surface area (TPSA) is 41.6 Å². The molecule has 3 rings (SSSR count). The van der Waals surface area contributed by atoms with Crippen molar-refractivity contribution in [1.82, 2.24) is 14.4 Å². The summed E-state index contributed by atoms with van der Waals surface area (Å²) in [5.74, 6) is 0.935. The van der Waals surface area contributed by atoms with E-state index in [1.165, 1.54) is 5.69 Å². The van der Waals surface area contributed by atoms with E-state index in [9.17, 15) is 4.79 Å². The number of hydrogen-bond donors (Lipinski definition) is 0. The summed E-state index contributed by atoms with van der Waals surface area (Å²) in [6.45, 7) is 4.98. The minimum absolute atomic E-state index is 0.123. The van der Waals surface area contributed by atoms with Gasteiger partial charge in [0.2, 0.25) is 5.91 Å². The molecule has 0 saturated heterocycles. The van der Waals surface area contributed by atoms with Crippen molar-refractivity contribution in [2.75, 3.05) is 20.1 Å². The quantitative estimate of drug-likeness (QED) is 0.865. The van der Waals surface area contributed by atoms with Gasteiger partial charge < -0.3 is 13.9 Å². The van der Waals surface area contributed by atoms with Crippen LogP contribution < -0.4 is 0 Å². The zero-order chi connectivity index (χ0) is 14.8. The Morgan fingerprint density at radius 3 is 3.00 bits per heavy atom. The molecule has 0 aliphatic carbocycles. The summed E-state index contributed by atoms with van der Waals surface area (Å²) in [4.78, 5) is 16.3. The van der Waals surface area contributed by atoms with Crippen LogP contribution in [0.5, 0.6) is 0 Å². The average molecular weight is 287 g/mol. The van der Waals surface area contributed by atoms with E-state index in [1.54, 1.807) is 11.2 Å². The Kier molecular flexibility index (Phi) is 3.84. The molecule has 0 unspecified atom stereocenters. The van der Waals surface area contributed by atoms with Crippen LogP contribution in [-0.4, -0.2) is 40.4 Å². The molecular formula is C16H21N3O2. The van der Waals surface area contributed by atoms with Gasteiger partial charge >= 0.3 is 0 Å². The summed E-state index contributed by atoms with van der Waals surface area (Å²) in [7, 11) is 1.82. The van der Waals surface area contributed by atoms with E-state index in [0.717, 1.165) is 18.8 Å².